The molecule has 1 fully saturated rings. The highest BCUT2D eigenvalue weighted by Crippen LogP contribution is 2.32. The van der Waals surface area contributed by atoms with Crippen molar-refractivity contribution in [3.8, 4) is 5.75 Å². The van der Waals surface area contributed by atoms with Crippen LogP contribution < -0.4 is 15.4 Å². The maximum absolute atomic E-state index is 12.4. The van der Waals surface area contributed by atoms with Gasteiger partial charge in [0.05, 0.1) is 18.4 Å². The predicted molar refractivity (Wildman–Crippen MR) is 105 cm³/mol. The highest BCUT2D eigenvalue weighted by atomic mass is 35.5. The number of hydrogen-bond donors (Lipinski definition) is 2. The number of hydrogen-bond acceptors (Lipinski definition) is 4. The van der Waals surface area contributed by atoms with E-state index in [1.54, 1.807) is 31.5 Å². The van der Waals surface area contributed by atoms with Crippen LogP contribution in [0.1, 0.15) is 48.0 Å². The molecule has 1 aliphatic carbocycles. The third-order valence-electron chi connectivity index (χ3n) is 4.71. The summed E-state index contributed by atoms with van der Waals surface area (Å²) in [6, 6.07) is 7.54. The van der Waals surface area contributed by atoms with Gasteiger partial charge in [-0.2, -0.15) is 0 Å². The van der Waals surface area contributed by atoms with Gasteiger partial charge in [0.1, 0.15) is 11.6 Å². The number of aryl methyl sites for hydroxylation is 1. The van der Waals surface area contributed by atoms with Crippen LogP contribution in [0.15, 0.2) is 30.5 Å². The van der Waals surface area contributed by atoms with Gasteiger partial charge in [-0.25, -0.2) is 4.98 Å². The first-order valence-electron chi connectivity index (χ1n) is 8.95. The van der Waals surface area contributed by atoms with Crippen LogP contribution in [0.3, 0.4) is 0 Å². The summed E-state index contributed by atoms with van der Waals surface area (Å²) < 4.78 is 5.36. The van der Waals surface area contributed by atoms with E-state index in [4.69, 9.17) is 16.3 Å². The molecule has 2 N–H and O–H groups in total. The molecule has 1 heterocycles. The number of nitrogens with one attached hydrogen (secondary N) is 2. The molecule has 5 nitrogen and oxygen atoms in total. The number of benzene rings is 1. The minimum atomic E-state index is -0.0594. The standard InChI is InChI=1S/C20H24ClN3O2/c1-13-10-17(18(26-2)11-16(13)21)24-19-9-8-14(12-22-19)20(25)23-15-6-4-3-5-7-15/h8-12,15H,3-7H2,1-2H3,(H,22,24)(H,23,25). The maximum Gasteiger partial charge on any atom is 0.253 e. The molecular weight excluding hydrogens is 350 g/mol. The number of amides is 1. The largest absolute Gasteiger partial charge is 0.495 e. The fraction of sp³-hybridized carbons (Fsp3) is 0.400. The van der Waals surface area contributed by atoms with Crippen LogP contribution in [0.2, 0.25) is 5.02 Å². The molecular formula is C20H24ClN3O2. The molecule has 138 valence electrons. The number of aromatic nitrogens is 1. The minimum absolute atomic E-state index is 0.0594. The van der Waals surface area contributed by atoms with Crippen LogP contribution in [0.5, 0.6) is 5.75 Å². The number of halogens is 1. The zero-order valence-electron chi connectivity index (χ0n) is 15.1. The summed E-state index contributed by atoms with van der Waals surface area (Å²) in [6.45, 7) is 1.93. The molecule has 0 atom stereocenters. The quantitative estimate of drug-likeness (QED) is 0.785. The van der Waals surface area contributed by atoms with Gasteiger partial charge in [-0.15, -0.1) is 0 Å². The van der Waals surface area contributed by atoms with Crippen molar-refractivity contribution in [3.05, 3.63) is 46.6 Å². The van der Waals surface area contributed by atoms with Gasteiger partial charge < -0.3 is 15.4 Å². The van der Waals surface area contributed by atoms with Crippen LogP contribution in [0.25, 0.3) is 0 Å². The van der Waals surface area contributed by atoms with E-state index >= 15 is 0 Å². The summed E-state index contributed by atoms with van der Waals surface area (Å²) in [6.07, 6.45) is 7.36. The Morgan fingerprint density at radius 1 is 1.23 bits per heavy atom. The summed E-state index contributed by atoms with van der Waals surface area (Å²) in [5, 5.41) is 6.96. The second-order valence-corrected chi connectivity index (χ2v) is 7.07. The van der Waals surface area contributed by atoms with E-state index < -0.39 is 0 Å². The third kappa shape index (κ3) is 4.47. The number of carbonyl (C=O) groups excluding carboxylic acids is 1. The van der Waals surface area contributed by atoms with Gasteiger partial charge >= 0.3 is 0 Å². The first kappa shape index (κ1) is 18.5. The van der Waals surface area contributed by atoms with E-state index in [0.29, 0.717) is 22.2 Å². The van der Waals surface area contributed by atoms with Crippen molar-refractivity contribution in [2.75, 3.05) is 12.4 Å². The number of nitrogens with zero attached hydrogens (tertiary/aromatic N) is 1. The molecule has 0 unspecified atom stereocenters. The Hall–Kier alpha value is -2.27. The number of rotatable bonds is 5. The molecule has 2 aromatic rings. The number of methoxy groups -OCH3 is 1. The SMILES string of the molecule is COc1cc(Cl)c(C)cc1Nc1ccc(C(=O)NC2CCCCC2)cn1. The van der Waals surface area contributed by atoms with E-state index in [9.17, 15) is 4.79 Å². The first-order chi connectivity index (χ1) is 12.6. The molecule has 6 heteroatoms. The van der Waals surface area contributed by atoms with Gasteiger partial charge in [0.25, 0.3) is 5.91 Å². The van der Waals surface area contributed by atoms with E-state index in [-0.39, 0.29) is 11.9 Å². The van der Waals surface area contributed by atoms with E-state index in [1.807, 2.05) is 13.0 Å². The molecule has 0 saturated heterocycles. The van der Waals surface area contributed by atoms with Gasteiger partial charge in [-0.3, -0.25) is 4.79 Å². The van der Waals surface area contributed by atoms with Crippen molar-refractivity contribution < 1.29 is 9.53 Å². The van der Waals surface area contributed by atoms with Gasteiger partial charge in [0, 0.05) is 23.3 Å². The Morgan fingerprint density at radius 3 is 2.65 bits per heavy atom. The van der Waals surface area contributed by atoms with E-state index in [1.165, 1.54) is 19.3 Å². The fourth-order valence-corrected chi connectivity index (χ4v) is 3.34. The lowest BCUT2D eigenvalue weighted by atomic mass is 9.95. The van der Waals surface area contributed by atoms with Gasteiger partial charge in [-0.05, 0) is 43.5 Å². The van der Waals surface area contributed by atoms with Crippen LogP contribution >= 0.6 is 11.6 Å². The van der Waals surface area contributed by atoms with Crippen LogP contribution in [-0.4, -0.2) is 24.0 Å². The lowest BCUT2D eigenvalue weighted by molar-refractivity contribution is 0.0927. The fourth-order valence-electron chi connectivity index (χ4n) is 3.19. The maximum atomic E-state index is 12.4. The number of carbonyl (C=O) groups is 1. The van der Waals surface area contributed by atoms with Crippen molar-refractivity contribution >= 4 is 29.0 Å². The molecule has 0 bridgehead atoms. The molecule has 0 aliphatic heterocycles. The number of ether oxygens (including phenoxy) is 1. The molecule has 1 aliphatic rings. The summed E-state index contributed by atoms with van der Waals surface area (Å²) in [5.74, 6) is 1.22. The van der Waals surface area contributed by atoms with Crippen molar-refractivity contribution in [3.63, 3.8) is 0 Å². The van der Waals surface area contributed by atoms with Crippen molar-refractivity contribution in [2.24, 2.45) is 0 Å². The normalized spacial score (nSPS) is 14.7. The Kier molecular flexibility index (Phi) is 5.99. The molecule has 1 aromatic carbocycles. The summed E-state index contributed by atoms with van der Waals surface area (Å²) >= 11 is 6.14. The van der Waals surface area contributed by atoms with Crippen molar-refractivity contribution in [1.29, 1.82) is 0 Å². The second kappa shape index (κ2) is 8.41. The van der Waals surface area contributed by atoms with Crippen LogP contribution in [-0.2, 0) is 0 Å². The Labute approximate surface area is 159 Å². The Balaban J connectivity index is 1.68. The first-order valence-corrected chi connectivity index (χ1v) is 9.32. The average molecular weight is 374 g/mol. The lowest BCUT2D eigenvalue weighted by Gasteiger charge is -2.22. The zero-order chi connectivity index (χ0) is 18.5. The number of pyridine rings is 1. The van der Waals surface area contributed by atoms with Crippen LogP contribution in [0, 0.1) is 6.92 Å². The van der Waals surface area contributed by atoms with Crippen molar-refractivity contribution in [1.82, 2.24) is 10.3 Å². The summed E-state index contributed by atoms with van der Waals surface area (Å²) in [4.78, 5) is 16.7. The predicted octanol–water partition coefficient (Wildman–Crippen LogP) is 4.86. The highest BCUT2D eigenvalue weighted by Gasteiger charge is 2.17. The Morgan fingerprint density at radius 2 is 2.00 bits per heavy atom. The van der Waals surface area contributed by atoms with Gasteiger partial charge in [0.15, 0.2) is 0 Å². The topological polar surface area (TPSA) is 63.2 Å². The lowest BCUT2D eigenvalue weighted by Crippen LogP contribution is -2.36. The molecule has 1 aromatic heterocycles. The second-order valence-electron chi connectivity index (χ2n) is 6.67. The van der Waals surface area contributed by atoms with Crippen LogP contribution in [0.4, 0.5) is 11.5 Å². The van der Waals surface area contributed by atoms with E-state index in [2.05, 4.69) is 15.6 Å². The summed E-state index contributed by atoms with van der Waals surface area (Å²) in [5.41, 5.74) is 2.29. The monoisotopic (exact) mass is 373 g/mol. The van der Waals surface area contributed by atoms with Gasteiger partial charge in [0.2, 0.25) is 0 Å². The smallest absolute Gasteiger partial charge is 0.253 e. The molecule has 1 saturated carbocycles. The highest BCUT2D eigenvalue weighted by molar-refractivity contribution is 6.31. The molecule has 3 rings (SSSR count). The Bertz CT molecular complexity index is 771. The molecule has 1 amide bonds. The number of anilines is 2. The molecule has 0 radical (unpaired) electrons. The zero-order valence-corrected chi connectivity index (χ0v) is 15.9. The third-order valence-corrected chi connectivity index (χ3v) is 5.12. The average Bonchev–Trinajstić information content (AvgIpc) is 2.66. The minimum Gasteiger partial charge on any atom is -0.495 e. The molecule has 0 spiro atoms. The van der Waals surface area contributed by atoms with Crippen molar-refractivity contribution in [2.45, 2.75) is 45.1 Å². The molecule has 26 heavy (non-hydrogen) atoms. The van der Waals surface area contributed by atoms with Gasteiger partial charge in [-0.1, -0.05) is 30.9 Å². The summed E-state index contributed by atoms with van der Waals surface area (Å²) in [7, 11) is 1.60. The van der Waals surface area contributed by atoms with E-state index in [0.717, 1.165) is 24.1 Å².